The quantitative estimate of drug-likeness (QED) is 0.565. The van der Waals surface area contributed by atoms with Gasteiger partial charge in [0.05, 0.1) is 0 Å². The fraction of sp³-hybridized carbons (Fsp3) is 0.467. The summed E-state index contributed by atoms with van der Waals surface area (Å²) in [5.41, 5.74) is 1.44. The summed E-state index contributed by atoms with van der Waals surface area (Å²) < 4.78 is 5.50. The van der Waals surface area contributed by atoms with Gasteiger partial charge in [-0.1, -0.05) is 26.7 Å². The van der Waals surface area contributed by atoms with Gasteiger partial charge in [0.25, 0.3) is 0 Å². The number of carbonyl (C=O) groups is 1. The van der Waals surface area contributed by atoms with Crippen LogP contribution < -0.4 is 0 Å². The van der Waals surface area contributed by atoms with Gasteiger partial charge >= 0.3 is 0 Å². The minimum absolute atomic E-state index is 0.0803. The predicted molar refractivity (Wildman–Crippen MR) is 71.6 cm³/mol. The van der Waals surface area contributed by atoms with Gasteiger partial charge in [-0.2, -0.15) is 0 Å². The first-order valence-corrected chi connectivity index (χ1v) is 6.54. The van der Waals surface area contributed by atoms with Crippen molar-refractivity contribution >= 4 is 16.9 Å². The van der Waals surface area contributed by atoms with Gasteiger partial charge in [-0.3, -0.25) is 9.78 Å². The number of rotatable bonds is 6. The summed E-state index contributed by atoms with van der Waals surface area (Å²) in [6.45, 7) is 4.40. The number of carbonyl (C=O) groups excluding carboxylic acids is 1. The maximum absolute atomic E-state index is 11.9. The molecule has 0 aliphatic rings. The van der Waals surface area contributed by atoms with E-state index in [1.807, 2.05) is 12.1 Å². The van der Waals surface area contributed by atoms with E-state index < -0.39 is 0 Å². The molecule has 2 heterocycles. The van der Waals surface area contributed by atoms with Gasteiger partial charge in [0.2, 0.25) is 0 Å². The van der Waals surface area contributed by atoms with Crippen LogP contribution in [0.15, 0.2) is 28.8 Å². The Morgan fingerprint density at radius 2 is 2.22 bits per heavy atom. The Bertz CT molecular complexity index is 495. The Morgan fingerprint density at radius 1 is 1.39 bits per heavy atom. The van der Waals surface area contributed by atoms with E-state index in [9.17, 15) is 4.79 Å². The molecule has 0 fully saturated rings. The lowest BCUT2D eigenvalue weighted by atomic mass is 10.0. The van der Waals surface area contributed by atoms with Crippen molar-refractivity contribution in [3.8, 4) is 0 Å². The van der Waals surface area contributed by atoms with E-state index in [4.69, 9.17) is 4.42 Å². The number of Topliss-reactive ketones (excluding diaryl/α,β-unsaturated/α-hetero) is 1. The minimum atomic E-state index is 0.0803. The second-order valence-electron chi connectivity index (χ2n) is 5.06. The topological polar surface area (TPSA) is 43.1 Å². The fourth-order valence-corrected chi connectivity index (χ4v) is 1.97. The van der Waals surface area contributed by atoms with Gasteiger partial charge in [0.1, 0.15) is 5.52 Å². The van der Waals surface area contributed by atoms with Crippen LogP contribution in [0.4, 0.5) is 0 Å². The highest BCUT2D eigenvalue weighted by Gasteiger charge is 2.12. The van der Waals surface area contributed by atoms with E-state index in [2.05, 4.69) is 18.8 Å². The molecule has 2 aromatic rings. The van der Waals surface area contributed by atoms with E-state index in [1.165, 1.54) is 6.42 Å². The van der Waals surface area contributed by atoms with Crippen LogP contribution in [0.5, 0.6) is 0 Å². The minimum Gasteiger partial charge on any atom is -0.451 e. The molecule has 0 radical (unpaired) electrons. The first-order chi connectivity index (χ1) is 8.66. The molecule has 18 heavy (non-hydrogen) atoms. The Hall–Kier alpha value is -1.64. The van der Waals surface area contributed by atoms with Crippen molar-refractivity contribution < 1.29 is 9.21 Å². The molecule has 0 unspecified atom stereocenters. The van der Waals surface area contributed by atoms with Crippen LogP contribution >= 0.6 is 0 Å². The first-order valence-electron chi connectivity index (χ1n) is 6.54. The maximum atomic E-state index is 11.9. The summed E-state index contributed by atoms with van der Waals surface area (Å²) in [4.78, 5) is 16.1. The van der Waals surface area contributed by atoms with Crippen LogP contribution in [0, 0.1) is 5.92 Å². The number of fused-ring (bicyclic) bond motifs is 1. The molecule has 0 aromatic carbocycles. The molecule has 0 aliphatic heterocycles. The molecule has 0 spiro atoms. The van der Waals surface area contributed by atoms with Gasteiger partial charge in [0, 0.05) is 18.7 Å². The zero-order chi connectivity index (χ0) is 13.0. The van der Waals surface area contributed by atoms with E-state index in [1.54, 1.807) is 12.3 Å². The summed E-state index contributed by atoms with van der Waals surface area (Å²) in [5, 5.41) is 0. The smallest absolute Gasteiger partial charge is 0.198 e. The summed E-state index contributed by atoms with van der Waals surface area (Å²) >= 11 is 0. The largest absolute Gasteiger partial charge is 0.451 e. The standard InChI is InChI=1S/C15H19NO2/c1-11(2)6-3-4-7-13(17)15-10-12-14(18-15)8-5-9-16-12/h5,8-11H,3-4,6-7H2,1-2H3. The number of hydrogen-bond donors (Lipinski definition) is 0. The second kappa shape index (κ2) is 5.80. The molecule has 3 heteroatoms. The first kappa shape index (κ1) is 12.8. The zero-order valence-corrected chi connectivity index (χ0v) is 11.0. The number of ketones is 1. The van der Waals surface area contributed by atoms with Gasteiger partial charge in [-0.05, 0) is 24.5 Å². The number of nitrogens with zero attached hydrogens (tertiary/aromatic N) is 1. The van der Waals surface area contributed by atoms with Crippen molar-refractivity contribution in [3.05, 3.63) is 30.2 Å². The van der Waals surface area contributed by atoms with Gasteiger partial charge < -0.3 is 4.42 Å². The van der Waals surface area contributed by atoms with Crippen LogP contribution in [0.25, 0.3) is 11.1 Å². The average molecular weight is 245 g/mol. The van der Waals surface area contributed by atoms with Crippen LogP contribution in [-0.2, 0) is 0 Å². The molecule has 0 saturated heterocycles. The molecule has 0 amide bonds. The predicted octanol–water partition coefficient (Wildman–Crippen LogP) is 4.23. The highest BCUT2D eigenvalue weighted by Crippen LogP contribution is 2.19. The Balaban J connectivity index is 1.92. The molecule has 0 saturated carbocycles. The molecule has 0 aliphatic carbocycles. The van der Waals surface area contributed by atoms with E-state index in [0.717, 1.165) is 18.4 Å². The molecule has 0 atom stereocenters. The molecule has 2 rings (SSSR count). The Morgan fingerprint density at radius 3 is 2.94 bits per heavy atom. The second-order valence-corrected chi connectivity index (χ2v) is 5.06. The van der Waals surface area contributed by atoms with Gasteiger partial charge in [-0.15, -0.1) is 0 Å². The highest BCUT2D eigenvalue weighted by molar-refractivity contribution is 5.96. The molecule has 2 aromatic heterocycles. The van der Waals surface area contributed by atoms with Crippen LogP contribution in [0.2, 0.25) is 0 Å². The Labute approximate surface area is 107 Å². The van der Waals surface area contributed by atoms with Crippen molar-refractivity contribution in [1.29, 1.82) is 0 Å². The monoisotopic (exact) mass is 245 g/mol. The van der Waals surface area contributed by atoms with Crippen molar-refractivity contribution in [2.24, 2.45) is 5.92 Å². The zero-order valence-electron chi connectivity index (χ0n) is 11.0. The molecule has 0 bridgehead atoms. The maximum Gasteiger partial charge on any atom is 0.198 e. The van der Waals surface area contributed by atoms with E-state index in [-0.39, 0.29) is 5.78 Å². The number of aromatic nitrogens is 1. The molecule has 3 nitrogen and oxygen atoms in total. The molecule has 0 N–H and O–H groups in total. The molecule has 96 valence electrons. The number of unbranched alkanes of at least 4 members (excludes halogenated alkanes) is 1. The lowest BCUT2D eigenvalue weighted by Gasteiger charge is -2.02. The SMILES string of the molecule is CC(C)CCCCC(=O)c1cc2ncccc2o1. The number of furan rings is 1. The van der Waals surface area contributed by atoms with Crippen LogP contribution in [0.1, 0.15) is 50.1 Å². The fourth-order valence-electron chi connectivity index (χ4n) is 1.97. The third-order valence-electron chi connectivity index (χ3n) is 3.00. The third kappa shape index (κ3) is 3.19. The van der Waals surface area contributed by atoms with Gasteiger partial charge in [0.15, 0.2) is 17.1 Å². The lowest BCUT2D eigenvalue weighted by Crippen LogP contribution is -1.97. The summed E-state index contributed by atoms with van der Waals surface area (Å²) in [7, 11) is 0. The molecular formula is C15H19NO2. The van der Waals surface area contributed by atoms with E-state index >= 15 is 0 Å². The number of hydrogen-bond acceptors (Lipinski definition) is 3. The highest BCUT2D eigenvalue weighted by atomic mass is 16.3. The average Bonchev–Trinajstić information content (AvgIpc) is 2.78. The Kier molecular flexibility index (Phi) is 4.13. The number of pyridine rings is 1. The van der Waals surface area contributed by atoms with Crippen molar-refractivity contribution in [1.82, 2.24) is 4.98 Å². The van der Waals surface area contributed by atoms with Crippen molar-refractivity contribution in [2.45, 2.75) is 39.5 Å². The summed E-state index contributed by atoms with van der Waals surface area (Å²) in [6, 6.07) is 5.38. The lowest BCUT2D eigenvalue weighted by molar-refractivity contribution is 0.0954. The normalized spacial score (nSPS) is 11.3. The van der Waals surface area contributed by atoms with E-state index in [0.29, 0.717) is 23.7 Å². The molecular weight excluding hydrogens is 226 g/mol. The van der Waals surface area contributed by atoms with Crippen molar-refractivity contribution in [2.75, 3.05) is 0 Å². The van der Waals surface area contributed by atoms with Crippen LogP contribution in [0.3, 0.4) is 0 Å². The van der Waals surface area contributed by atoms with Gasteiger partial charge in [-0.25, -0.2) is 0 Å². The third-order valence-corrected chi connectivity index (χ3v) is 3.00. The van der Waals surface area contributed by atoms with Crippen molar-refractivity contribution in [3.63, 3.8) is 0 Å². The summed E-state index contributed by atoms with van der Waals surface area (Å²) in [6.07, 6.45) is 5.47. The van der Waals surface area contributed by atoms with Crippen LogP contribution in [-0.4, -0.2) is 10.8 Å². The summed E-state index contributed by atoms with van der Waals surface area (Å²) in [5.74, 6) is 1.22.